The van der Waals surface area contributed by atoms with Gasteiger partial charge in [0.05, 0.1) is 11.3 Å². The van der Waals surface area contributed by atoms with Crippen LogP contribution in [0.3, 0.4) is 0 Å². The Labute approximate surface area is 159 Å². The third-order valence-corrected chi connectivity index (χ3v) is 5.99. The van der Waals surface area contributed by atoms with Crippen LogP contribution < -0.4 is 5.32 Å². The summed E-state index contributed by atoms with van der Waals surface area (Å²) in [6.45, 7) is 1.60. The van der Waals surface area contributed by atoms with Crippen LogP contribution >= 0.6 is 23.1 Å². The molecule has 3 rings (SSSR count). The van der Waals surface area contributed by atoms with Crippen molar-refractivity contribution in [1.82, 2.24) is 4.90 Å². The molecule has 0 saturated carbocycles. The average molecular weight is 390 g/mol. The Kier molecular flexibility index (Phi) is 5.95. The van der Waals surface area contributed by atoms with Crippen LogP contribution in [0.4, 0.5) is 5.69 Å². The van der Waals surface area contributed by atoms with Gasteiger partial charge in [-0.2, -0.15) is 11.8 Å². The predicted octanol–water partition coefficient (Wildman–Crippen LogP) is 2.82. The molecule has 136 valence electrons. The maximum Gasteiger partial charge on any atom is 0.345 e. The number of carbonyl (C=O) groups excluding carboxylic acids is 2. The maximum atomic E-state index is 12.3. The van der Waals surface area contributed by atoms with Crippen LogP contribution in [-0.2, 0) is 11.2 Å². The van der Waals surface area contributed by atoms with Crippen molar-refractivity contribution in [2.45, 2.75) is 6.42 Å². The maximum absolute atomic E-state index is 12.3. The first kappa shape index (κ1) is 18.5. The summed E-state index contributed by atoms with van der Waals surface area (Å²) in [4.78, 5) is 37.7. The fourth-order valence-electron chi connectivity index (χ4n) is 2.57. The van der Waals surface area contributed by atoms with E-state index in [0.717, 1.165) is 41.5 Å². The summed E-state index contributed by atoms with van der Waals surface area (Å²) in [6.07, 6.45) is 0.353. The van der Waals surface area contributed by atoms with Gasteiger partial charge in [0.25, 0.3) is 5.91 Å². The summed E-state index contributed by atoms with van der Waals surface area (Å²) in [7, 11) is 0. The van der Waals surface area contributed by atoms with Crippen molar-refractivity contribution < 1.29 is 19.5 Å². The van der Waals surface area contributed by atoms with Crippen molar-refractivity contribution in [2.24, 2.45) is 0 Å². The average Bonchev–Trinajstić information content (AvgIpc) is 3.15. The van der Waals surface area contributed by atoms with Gasteiger partial charge in [-0.3, -0.25) is 9.59 Å². The fourth-order valence-corrected chi connectivity index (χ4v) is 4.22. The van der Waals surface area contributed by atoms with Gasteiger partial charge < -0.3 is 15.3 Å². The molecule has 2 N–H and O–H groups in total. The minimum Gasteiger partial charge on any atom is -0.477 e. The van der Waals surface area contributed by atoms with E-state index in [4.69, 9.17) is 5.11 Å². The first-order valence-electron chi connectivity index (χ1n) is 8.12. The number of carboxylic acids is 1. The lowest BCUT2D eigenvalue weighted by atomic mass is 10.1. The van der Waals surface area contributed by atoms with E-state index in [1.165, 1.54) is 12.1 Å². The van der Waals surface area contributed by atoms with Crippen molar-refractivity contribution in [3.8, 4) is 0 Å². The molecule has 0 bridgehead atoms. The summed E-state index contributed by atoms with van der Waals surface area (Å²) in [5.74, 6) is 0.709. The van der Waals surface area contributed by atoms with E-state index >= 15 is 0 Å². The van der Waals surface area contributed by atoms with Crippen molar-refractivity contribution in [2.75, 3.05) is 29.9 Å². The standard InChI is InChI=1S/C18H18N2O4S2/c21-16(20-7-9-25-10-8-20)11-12-1-3-13(4-2-12)19-17(22)14-5-6-15(26-14)18(23)24/h1-6H,7-11H2,(H,19,22)(H,23,24). The molecule has 1 aliphatic rings. The Morgan fingerprint density at radius 1 is 1.00 bits per heavy atom. The van der Waals surface area contributed by atoms with Gasteiger partial charge >= 0.3 is 5.97 Å². The molecule has 1 aromatic heterocycles. The second-order valence-electron chi connectivity index (χ2n) is 5.79. The van der Waals surface area contributed by atoms with E-state index in [2.05, 4.69) is 5.32 Å². The highest BCUT2D eigenvalue weighted by Gasteiger charge is 2.17. The quantitative estimate of drug-likeness (QED) is 0.820. The first-order chi connectivity index (χ1) is 12.5. The van der Waals surface area contributed by atoms with Gasteiger partial charge in [0.1, 0.15) is 4.88 Å². The number of nitrogens with zero attached hydrogens (tertiary/aromatic N) is 1. The molecular weight excluding hydrogens is 372 g/mol. The van der Waals surface area contributed by atoms with Crippen LogP contribution in [0, 0.1) is 0 Å². The zero-order chi connectivity index (χ0) is 18.5. The lowest BCUT2D eigenvalue weighted by molar-refractivity contribution is -0.130. The number of rotatable bonds is 5. The third kappa shape index (κ3) is 4.64. The molecule has 2 heterocycles. The van der Waals surface area contributed by atoms with Gasteiger partial charge in [0, 0.05) is 30.3 Å². The number of aromatic carboxylic acids is 1. The van der Waals surface area contributed by atoms with Crippen LogP contribution in [0.2, 0.25) is 0 Å². The Balaban J connectivity index is 1.57. The van der Waals surface area contributed by atoms with Crippen LogP contribution in [0.25, 0.3) is 0 Å². The van der Waals surface area contributed by atoms with Crippen molar-refractivity contribution in [3.63, 3.8) is 0 Å². The van der Waals surface area contributed by atoms with Gasteiger partial charge in [-0.15, -0.1) is 11.3 Å². The molecule has 2 aromatic rings. The van der Waals surface area contributed by atoms with Crippen molar-refractivity contribution in [1.29, 1.82) is 0 Å². The summed E-state index contributed by atoms with van der Waals surface area (Å²) in [6, 6.07) is 10.0. The molecule has 1 aliphatic heterocycles. The Hall–Kier alpha value is -2.32. The number of hydrogen-bond acceptors (Lipinski definition) is 5. The molecule has 0 radical (unpaired) electrons. The van der Waals surface area contributed by atoms with Crippen molar-refractivity contribution in [3.05, 3.63) is 51.7 Å². The largest absolute Gasteiger partial charge is 0.477 e. The number of anilines is 1. The number of carboxylic acid groups (broad SMARTS) is 1. The SMILES string of the molecule is O=C(O)c1ccc(C(=O)Nc2ccc(CC(=O)N3CCSCC3)cc2)s1. The molecule has 0 unspecified atom stereocenters. The number of thioether (sulfide) groups is 1. The Morgan fingerprint density at radius 2 is 1.65 bits per heavy atom. The molecule has 0 aliphatic carbocycles. The first-order valence-corrected chi connectivity index (χ1v) is 10.1. The Morgan fingerprint density at radius 3 is 2.27 bits per heavy atom. The minimum atomic E-state index is -1.05. The van der Waals surface area contributed by atoms with Gasteiger partial charge in [-0.25, -0.2) is 4.79 Å². The molecule has 1 aromatic carbocycles. The fraction of sp³-hybridized carbons (Fsp3) is 0.278. The van der Waals surface area contributed by atoms with Gasteiger partial charge in [0.15, 0.2) is 0 Å². The number of thiophene rings is 1. The van der Waals surface area contributed by atoms with E-state index in [-0.39, 0.29) is 16.7 Å². The van der Waals surface area contributed by atoms with E-state index < -0.39 is 5.97 Å². The summed E-state index contributed by atoms with van der Waals surface area (Å²) in [5, 5.41) is 11.6. The van der Waals surface area contributed by atoms with Crippen LogP contribution in [0.15, 0.2) is 36.4 Å². The molecule has 0 spiro atoms. The molecule has 1 fully saturated rings. The molecule has 0 atom stereocenters. The minimum absolute atomic E-state index is 0.125. The summed E-state index contributed by atoms with van der Waals surface area (Å²) in [5.41, 5.74) is 1.50. The topological polar surface area (TPSA) is 86.7 Å². The highest BCUT2D eigenvalue weighted by Crippen LogP contribution is 2.19. The number of benzene rings is 1. The summed E-state index contributed by atoms with van der Waals surface area (Å²) < 4.78 is 0. The summed E-state index contributed by atoms with van der Waals surface area (Å²) >= 11 is 2.80. The van der Waals surface area contributed by atoms with Gasteiger partial charge in [-0.05, 0) is 29.8 Å². The molecule has 1 saturated heterocycles. The van der Waals surface area contributed by atoms with E-state index in [0.29, 0.717) is 17.0 Å². The van der Waals surface area contributed by atoms with Crippen LogP contribution in [0.5, 0.6) is 0 Å². The molecule has 6 nitrogen and oxygen atoms in total. The highest BCUT2D eigenvalue weighted by molar-refractivity contribution is 7.99. The van der Waals surface area contributed by atoms with Gasteiger partial charge in [0.2, 0.25) is 5.91 Å². The van der Waals surface area contributed by atoms with E-state index in [1.54, 1.807) is 12.1 Å². The number of hydrogen-bond donors (Lipinski definition) is 2. The Bertz CT molecular complexity index is 811. The van der Waals surface area contributed by atoms with Crippen LogP contribution in [-0.4, -0.2) is 52.4 Å². The molecule has 26 heavy (non-hydrogen) atoms. The molecular formula is C18H18N2O4S2. The number of carbonyl (C=O) groups is 3. The normalized spacial score (nSPS) is 14.1. The van der Waals surface area contributed by atoms with Gasteiger partial charge in [-0.1, -0.05) is 12.1 Å². The third-order valence-electron chi connectivity index (χ3n) is 3.97. The lowest BCUT2D eigenvalue weighted by Gasteiger charge is -2.26. The highest BCUT2D eigenvalue weighted by atomic mass is 32.2. The zero-order valence-electron chi connectivity index (χ0n) is 13.9. The zero-order valence-corrected chi connectivity index (χ0v) is 15.6. The number of nitrogens with one attached hydrogen (secondary N) is 1. The predicted molar refractivity (Wildman–Crippen MR) is 103 cm³/mol. The number of amides is 2. The molecule has 8 heteroatoms. The smallest absolute Gasteiger partial charge is 0.345 e. The van der Waals surface area contributed by atoms with Crippen molar-refractivity contribution >= 4 is 46.6 Å². The second kappa shape index (κ2) is 8.37. The second-order valence-corrected chi connectivity index (χ2v) is 8.10. The van der Waals surface area contributed by atoms with E-state index in [9.17, 15) is 14.4 Å². The van der Waals surface area contributed by atoms with E-state index in [1.807, 2.05) is 28.8 Å². The molecule has 2 amide bonds. The van der Waals surface area contributed by atoms with Crippen LogP contribution in [0.1, 0.15) is 24.9 Å². The monoisotopic (exact) mass is 390 g/mol. The lowest BCUT2D eigenvalue weighted by Crippen LogP contribution is -2.38.